The monoisotopic (exact) mass is 425 g/mol. The molecule has 0 aliphatic carbocycles. The zero-order valence-corrected chi connectivity index (χ0v) is 17.7. The van der Waals surface area contributed by atoms with Gasteiger partial charge in [0.1, 0.15) is 5.75 Å². The number of para-hydroxylation sites is 1. The molecule has 31 heavy (non-hydrogen) atoms. The van der Waals surface area contributed by atoms with Crippen molar-refractivity contribution in [2.45, 2.75) is 6.92 Å². The molecule has 1 aliphatic rings. The van der Waals surface area contributed by atoms with E-state index in [1.807, 2.05) is 18.2 Å². The maximum absolute atomic E-state index is 12.5. The summed E-state index contributed by atoms with van der Waals surface area (Å²) in [5.41, 5.74) is 2.05. The van der Waals surface area contributed by atoms with Crippen LogP contribution >= 0.6 is 0 Å². The van der Waals surface area contributed by atoms with E-state index in [1.54, 1.807) is 23.1 Å². The number of carbonyl (C=O) groups is 3. The van der Waals surface area contributed by atoms with Crippen molar-refractivity contribution in [1.29, 1.82) is 0 Å². The summed E-state index contributed by atoms with van der Waals surface area (Å²) in [6, 6.07) is 14.4. The molecule has 3 rings (SSSR count). The summed E-state index contributed by atoms with van der Waals surface area (Å²) in [6.45, 7) is 3.98. The fraction of sp³-hybridized carbons (Fsp3) is 0.318. The first-order valence-corrected chi connectivity index (χ1v) is 10.0. The molecule has 4 amide bonds. The Morgan fingerprint density at radius 2 is 1.68 bits per heavy atom. The fourth-order valence-electron chi connectivity index (χ4n) is 3.37. The van der Waals surface area contributed by atoms with Crippen molar-refractivity contribution in [2.75, 3.05) is 55.4 Å². The Morgan fingerprint density at radius 3 is 2.32 bits per heavy atom. The first kappa shape index (κ1) is 21.9. The number of methoxy groups -OCH3 is 1. The molecule has 0 radical (unpaired) electrons. The summed E-state index contributed by atoms with van der Waals surface area (Å²) in [6.07, 6.45) is 0. The Balaban J connectivity index is 1.48. The van der Waals surface area contributed by atoms with Gasteiger partial charge in [-0.2, -0.15) is 0 Å². The third kappa shape index (κ3) is 6.11. The number of nitrogens with one attached hydrogen (secondary N) is 3. The van der Waals surface area contributed by atoms with Crippen molar-refractivity contribution >= 4 is 34.9 Å². The van der Waals surface area contributed by atoms with E-state index in [2.05, 4.69) is 33.0 Å². The molecule has 0 bridgehead atoms. The van der Waals surface area contributed by atoms with Crippen molar-refractivity contribution < 1.29 is 19.1 Å². The Bertz CT molecular complexity index is 927. The normalized spacial score (nSPS) is 13.4. The molecule has 0 saturated carbocycles. The van der Waals surface area contributed by atoms with Crippen LogP contribution in [0.15, 0.2) is 48.5 Å². The van der Waals surface area contributed by atoms with Gasteiger partial charge in [-0.1, -0.05) is 18.2 Å². The Hall–Kier alpha value is -3.75. The highest BCUT2D eigenvalue weighted by molar-refractivity contribution is 5.95. The van der Waals surface area contributed by atoms with Gasteiger partial charge in [-0.15, -0.1) is 0 Å². The second-order valence-electron chi connectivity index (χ2n) is 7.11. The van der Waals surface area contributed by atoms with Crippen LogP contribution in [0.25, 0.3) is 0 Å². The fourth-order valence-corrected chi connectivity index (χ4v) is 3.37. The number of piperazine rings is 1. The number of rotatable bonds is 6. The number of hydrogen-bond donors (Lipinski definition) is 3. The molecule has 2 aromatic rings. The Labute approximate surface area is 181 Å². The van der Waals surface area contributed by atoms with Crippen molar-refractivity contribution in [2.24, 2.45) is 0 Å². The van der Waals surface area contributed by atoms with Gasteiger partial charge in [-0.05, 0) is 30.3 Å². The second-order valence-corrected chi connectivity index (χ2v) is 7.11. The molecule has 2 aromatic carbocycles. The van der Waals surface area contributed by atoms with E-state index in [0.29, 0.717) is 30.2 Å². The minimum absolute atomic E-state index is 0.106. The highest BCUT2D eigenvalue weighted by atomic mass is 16.5. The van der Waals surface area contributed by atoms with Crippen LogP contribution in [0.4, 0.5) is 21.9 Å². The van der Waals surface area contributed by atoms with Crippen molar-refractivity contribution in [3.63, 3.8) is 0 Å². The zero-order chi connectivity index (χ0) is 22.2. The maximum atomic E-state index is 12.5. The molecule has 1 heterocycles. The molecule has 1 fully saturated rings. The van der Waals surface area contributed by atoms with Gasteiger partial charge in [-0.25, -0.2) is 4.79 Å². The lowest BCUT2D eigenvalue weighted by Gasteiger charge is -2.36. The Kier molecular flexibility index (Phi) is 7.31. The number of nitrogens with zero attached hydrogens (tertiary/aromatic N) is 2. The average molecular weight is 425 g/mol. The second kappa shape index (κ2) is 10.3. The van der Waals surface area contributed by atoms with Crippen LogP contribution in [0.5, 0.6) is 5.75 Å². The lowest BCUT2D eigenvalue weighted by Crippen LogP contribution is -2.51. The van der Waals surface area contributed by atoms with Gasteiger partial charge in [0.05, 0.1) is 19.3 Å². The zero-order valence-electron chi connectivity index (χ0n) is 17.7. The van der Waals surface area contributed by atoms with Gasteiger partial charge in [0, 0.05) is 44.5 Å². The molecule has 0 aromatic heterocycles. The SMILES string of the molecule is COc1ccc(NC(C)=O)cc1NC(=O)NCC(=O)N1CCN(c2ccccc2)CC1. The Morgan fingerprint density at radius 1 is 0.968 bits per heavy atom. The average Bonchev–Trinajstić information content (AvgIpc) is 2.78. The van der Waals surface area contributed by atoms with Crippen molar-refractivity contribution in [1.82, 2.24) is 10.2 Å². The van der Waals surface area contributed by atoms with E-state index >= 15 is 0 Å². The molecule has 0 unspecified atom stereocenters. The number of carbonyl (C=O) groups excluding carboxylic acids is 3. The number of hydrogen-bond acceptors (Lipinski definition) is 5. The van der Waals surface area contributed by atoms with Crippen LogP contribution in [0.2, 0.25) is 0 Å². The molecule has 1 aliphatic heterocycles. The highest BCUT2D eigenvalue weighted by Crippen LogP contribution is 2.27. The van der Waals surface area contributed by atoms with Gasteiger partial charge >= 0.3 is 6.03 Å². The summed E-state index contributed by atoms with van der Waals surface area (Å²) >= 11 is 0. The van der Waals surface area contributed by atoms with Crippen LogP contribution in [0.3, 0.4) is 0 Å². The first-order valence-electron chi connectivity index (χ1n) is 10.0. The maximum Gasteiger partial charge on any atom is 0.319 e. The van der Waals surface area contributed by atoms with Crippen LogP contribution in [-0.2, 0) is 9.59 Å². The number of benzene rings is 2. The van der Waals surface area contributed by atoms with Gasteiger partial charge in [0.15, 0.2) is 0 Å². The summed E-state index contributed by atoms with van der Waals surface area (Å²) in [7, 11) is 1.48. The summed E-state index contributed by atoms with van der Waals surface area (Å²) in [5.74, 6) is 0.0768. The minimum Gasteiger partial charge on any atom is -0.495 e. The summed E-state index contributed by atoms with van der Waals surface area (Å²) < 4.78 is 5.24. The molecule has 9 heteroatoms. The quantitative estimate of drug-likeness (QED) is 0.658. The van der Waals surface area contributed by atoms with Crippen LogP contribution < -0.4 is 25.6 Å². The molecular formula is C22H27N5O4. The molecule has 1 saturated heterocycles. The van der Waals surface area contributed by atoms with E-state index < -0.39 is 6.03 Å². The van der Waals surface area contributed by atoms with Gasteiger partial charge in [0.25, 0.3) is 0 Å². The van der Waals surface area contributed by atoms with E-state index in [0.717, 1.165) is 18.8 Å². The first-order chi connectivity index (χ1) is 15.0. The van der Waals surface area contributed by atoms with E-state index in [1.165, 1.54) is 14.0 Å². The molecule has 0 atom stereocenters. The largest absolute Gasteiger partial charge is 0.495 e. The molecule has 3 N–H and O–H groups in total. The smallest absolute Gasteiger partial charge is 0.319 e. The van der Waals surface area contributed by atoms with E-state index in [4.69, 9.17) is 4.74 Å². The number of ether oxygens (including phenoxy) is 1. The van der Waals surface area contributed by atoms with Gasteiger partial charge < -0.3 is 30.5 Å². The standard InChI is InChI=1S/C22H27N5O4/c1-16(28)24-17-8-9-20(31-2)19(14-17)25-22(30)23-15-21(29)27-12-10-26(11-13-27)18-6-4-3-5-7-18/h3-9,14H,10-13,15H2,1-2H3,(H,24,28)(H2,23,25,30). The van der Waals surface area contributed by atoms with Crippen LogP contribution in [-0.4, -0.2) is 62.6 Å². The minimum atomic E-state index is -0.533. The van der Waals surface area contributed by atoms with Crippen molar-refractivity contribution in [3.05, 3.63) is 48.5 Å². The predicted octanol–water partition coefficient (Wildman–Crippen LogP) is 2.12. The lowest BCUT2D eigenvalue weighted by atomic mass is 10.2. The van der Waals surface area contributed by atoms with E-state index in [9.17, 15) is 14.4 Å². The predicted molar refractivity (Wildman–Crippen MR) is 120 cm³/mol. The van der Waals surface area contributed by atoms with Crippen molar-refractivity contribution in [3.8, 4) is 5.75 Å². The number of amides is 4. The van der Waals surface area contributed by atoms with E-state index in [-0.39, 0.29) is 18.4 Å². The van der Waals surface area contributed by atoms with Crippen LogP contribution in [0.1, 0.15) is 6.92 Å². The topological polar surface area (TPSA) is 103 Å². The van der Waals surface area contributed by atoms with Crippen LogP contribution in [0, 0.1) is 0 Å². The summed E-state index contributed by atoms with van der Waals surface area (Å²) in [4.78, 5) is 40.0. The van der Waals surface area contributed by atoms with Gasteiger partial charge in [-0.3, -0.25) is 9.59 Å². The number of anilines is 3. The molecule has 0 spiro atoms. The van der Waals surface area contributed by atoms with Gasteiger partial charge in [0.2, 0.25) is 11.8 Å². The third-order valence-corrected chi connectivity index (χ3v) is 4.92. The number of urea groups is 1. The highest BCUT2D eigenvalue weighted by Gasteiger charge is 2.21. The molecular weight excluding hydrogens is 398 g/mol. The third-order valence-electron chi connectivity index (χ3n) is 4.92. The summed E-state index contributed by atoms with van der Waals surface area (Å²) in [5, 5.41) is 7.89. The lowest BCUT2D eigenvalue weighted by molar-refractivity contribution is -0.130. The molecule has 164 valence electrons. The molecule has 9 nitrogen and oxygen atoms in total.